The van der Waals surface area contributed by atoms with Crippen molar-refractivity contribution in [3.63, 3.8) is 0 Å². The standard InChI is InChI=1S/C13H10Cl2N2O2/c14-9-6-7-12(11(15)8-9)16-17-13(18)19-10-4-2-1-3-5-10/h1-8,16H,(H,17,18). The Balaban J connectivity index is 1.90. The SMILES string of the molecule is O=C(NNc1ccc(Cl)cc1Cl)Oc1ccccc1. The predicted octanol–water partition coefficient (Wildman–Crippen LogP) is 4.11. The average molecular weight is 297 g/mol. The molecular weight excluding hydrogens is 287 g/mol. The molecule has 0 unspecified atom stereocenters. The average Bonchev–Trinajstić information content (AvgIpc) is 2.39. The first-order chi connectivity index (χ1) is 9.15. The van der Waals surface area contributed by atoms with E-state index < -0.39 is 6.09 Å². The number of amides is 1. The Labute approximate surface area is 120 Å². The normalized spacial score (nSPS) is 9.79. The summed E-state index contributed by atoms with van der Waals surface area (Å²) < 4.78 is 5.02. The van der Waals surface area contributed by atoms with Crippen LogP contribution in [0, 0.1) is 0 Å². The lowest BCUT2D eigenvalue weighted by Gasteiger charge is -2.10. The summed E-state index contributed by atoms with van der Waals surface area (Å²) in [5.74, 6) is 0.448. The molecule has 0 atom stereocenters. The van der Waals surface area contributed by atoms with Gasteiger partial charge in [-0.05, 0) is 30.3 Å². The second-order valence-corrected chi connectivity index (χ2v) is 4.42. The quantitative estimate of drug-likeness (QED) is 0.838. The van der Waals surface area contributed by atoms with Crippen molar-refractivity contribution < 1.29 is 9.53 Å². The number of para-hydroxylation sites is 1. The Morgan fingerprint density at radius 1 is 1.05 bits per heavy atom. The van der Waals surface area contributed by atoms with Gasteiger partial charge >= 0.3 is 6.09 Å². The fourth-order valence-corrected chi connectivity index (χ4v) is 1.79. The van der Waals surface area contributed by atoms with Crippen LogP contribution in [0.2, 0.25) is 10.0 Å². The lowest BCUT2D eigenvalue weighted by molar-refractivity contribution is 0.203. The molecule has 2 aromatic rings. The lowest BCUT2D eigenvalue weighted by Crippen LogP contribution is -2.32. The fourth-order valence-electron chi connectivity index (χ4n) is 1.33. The van der Waals surface area contributed by atoms with Crippen LogP contribution in [0.25, 0.3) is 0 Å². The number of hydrogen-bond acceptors (Lipinski definition) is 3. The van der Waals surface area contributed by atoms with Crippen molar-refractivity contribution in [3.05, 3.63) is 58.6 Å². The van der Waals surface area contributed by atoms with Crippen LogP contribution in [-0.2, 0) is 0 Å². The zero-order valence-electron chi connectivity index (χ0n) is 9.69. The van der Waals surface area contributed by atoms with Gasteiger partial charge in [-0.1, -0.05) is 41.4 Å². The van der Waals surface area contributed by atoms with E-state index in [1.807, 2.05) is 6.07 Å². The van der Waals surface area contributed by atoms with Gasteiger partial charge in [0.15, 0.2) is 0 Å². The van der Waals surface area contributed by atoms with Gasteiger partial charge in [-0.3, -0.25) is 5.43 Å². The van der Waals surface area contributed by atoms with Crippen LogP contribution in [0.5, 0.6) is 5.75 Å². The molecule has 6 heteroatoms. The summed E-state index contributed by atoms with van der Waals surface area (Å²) in [6, 6.07) is 13.6. The summed E-state index contributed by atoms with van der Waals surface area (Å²) in [4.78, 5) is 11.5. The van der Waals surface area contributed by atoms with Crippen molar-refractivity contribution in [3.8, 4) is 5.75 Å². The largest absolute Gasteiger partial charge is 0.431 e. The molecule has 98 valence electrons. The van der Waals surface area contributed by atoms with Gasteiger partial charge < -0.3 is 4.74 Å². The topological polar surface area (TPSA) is 50.4 Å². The molecule has 2 N–H and O–H groups in total. The summed E-state index contributed by atoms with van der Waals surface area (Å²) in [5.41, 5.74) is 5.54. The Bertz CT molecular complexity index is 576. The number of hydrogen-bond donors (Lipinski definition) is 2. The van der Waals surface area contributed by atoms with Crippen LogP contribution >= 0.6 is 23.2 Å². The second kappa shape index (κ2) is 6.31. The summed E-state index contributed by atoms with van der Waals surface area (Å²) in [5, 5.41) is 0.912. The van der Waals surface area contributed by atoms with E-state index in [9.17, 15) is 4.79 Å². The summed E-state index contributed by atoms with van der Waals surface area (Å²) in [7, 11) is 0. The van der Waals surface area contributed by atoms with E-state index in [0.717, 1.165) is 0 Å². The predicted molar refractivity (Wildman–Crippen MR) is 75.7 cm³/mol. The molecular formula is C13H10Cl2N2O2. The third kappa shape index (κ3) is 4.05. The highest BCUT2D eigenvalue weighted by Crippen LogP contribution is 2.24. The van der Waals surface area contributed by atoms with Gasteiger partial charge in [0.05, 0.1) is 10.7 Å². The molecule has 0 heterocycles. The minimum Gasteiger partial charge on any atom is -0.409 e. The molecule has 2 aromatic carbocycles. The first kappa shape index (κ1) is 13.5. The first-order valence-electron chi connectivity index (χ1n) is 5.39. The fraction of sp³-hybridized carbons (Fsp3) is 0. The molecule has 0 radical (unpaired) electrons. The number of ether oxygens (including phenoxy) is 1. The number of nitrogens with one attached hydrogen (secondary N) is 2. The molecule has 0 aromatic heterocycles. The Kier molecular flexibility index (Phi) is 4.49. The van der Waals surface area contributed by atoms with E-state index in [4.69, 9.17) is 27.9 Å². The maximum atomic E-state index is 11.5. The van der Waals surface area contributed by atoms with Crippen LogP contribution in [0.15, 0.2) is 48.5 Å². The molecule has 0 aliphatic rings. The molecule has 0 saturated carbocycles. The van der Waals surface area contributed by atoms with Gasteiger partial charge in [0, 0.05) is 5.02 Å². The monoisotopic (exact) mass is 296 g/mol. The second-order valence-electron chi connectivity index (χ2n) is 3.58. The van der Waals surface area contributed by atoms with Crippen molar-refractivity contribution in [1.29, 1.82) is 0 Å². The van der Waals surface area contributed by atoms with Gasteiger partial charge in [-0.15, -0.1) is 0 Å². The molecule has 0 saturated heterocycles. The van der Waals surface area contributed by atoms with Crippen LogP contribution in [0.4, 0.5) is 10.5 Å². The van der Waals surface area contributed by atoms with E-state index in [1.165, 1.54) is 0 Å². The maximum absolute atomic E-state index is 11.5. The molecule has 2 rings (SSSR count). The van der Waals surface area contributed by atoms with Crippen LogP contribution in [0.1, 0.15) is 0 Å². The number of carbonyl (C=O) groups excluding carboxylic acids is 1. The van der Waals surface area contributed by atoms with Crippen molar-refractivity contribution in [1.82, 2.24) is 5.43 Å². The van der Waals surface area contributed by atoms with Gasteiger partial charge in [0.25, 0.3) is 0 Å². The van der Waals surface area contributed by atoms with Crippen molar-refractivity contribution in [2.45, 2.75) is 0 Å². The van der Waals surface area contributed by atoms with Crippen molar-refractivity contribution in [2.75, 3.05) is 5.43 Å². The zero-order valence-corrected chi connectivity index (χ0v) is 11.2. The van der Waals surface area contributed by atoms with E-state index in [1.54, 1.807) is 42.5 Å². The van der Waals surface area contributed by atoms with Crippen LogP contribution in [0.3, 0.4) is 0 Å². The van der Waals surface area contributed by atoms with Crippen molar-refractivity contribution >= 4 is 35.0 Å². The minimum absolute atomic E-state index is 0.396. The summed E-state index contributed by atoms with van der Waals surface area (Å²) in [6.45, 7) is 0. The highest BCUT2D eigenvalue weighted by Gasteiger charge is 2.05. The molecule has 0 spiro atoms. The van der Waals surface area contributed by atoms with E-state index in [2.05, 4.69) is 10.9 Å². The molecule has 19 heavy (non-hydrogen) atoms. The zero-order chi connectivity index (χ0) is 13.7. The van der Waals surface area contributed by atoms with E-state index in [0.29, 0.717) is 21.5 Å². The molecule has 0 aliphatic heterocycles. The third-order valence-corrected chi connectivity index (χ3v) is 2.73. The highest BCUT2D eigenvalue weighted by atomic mass is 35.5. The number of carbonyl (C=O) groups is 1. The van der Waals surface area contributed by atoms with Crippen LogP contribution < -0.4 is 15.6 Å². The Morgan fingerprint density at radius 3 is 2.47 bits per heavy atom. The molecule has 0 fully saturated rings. The summed E-state index contributed by atoms with van der Waals surface area (Å²) in [6.07, 6.45) is -0.641. The Morgan fingerprint density at radius 2 is 1.79 bits per heavy atom. The molecule has 1 amide bonds. The van der Waals surface area contributed by atoms with Gasteiger partial charge in [0.2, 0.25) is 0 Å². The third-order valence-electron chi connectivity index (χ3n) is 2.18. The Hall–Kier alpha value is -1.91. The number of benzene rings is 2. The maximum Gasteiger partial charge on any atom is 0.431 e. The van der Waals surface area contributed by atoms with Crippen LogP contribution in [-0.4, -0.2) is 6.09 Å². The minimum atomic E-state index is -0.641. The van der Waals surface area contributed by atoms with Gasteiger partial charge in [-0.25, -0.2) is 10.2 Å². The van der Waals surface area contributed by atoms with Crippen molar-refractivity contribution in [2.24, 2.45) is 0 Å². The smallest absolute Gasteiger partial charge is 0.409 e. The van der Waals surface area contributed by atoms with E-state index >= 15 is 0 Å². The number of rotatable bonds is 3. The molecule has 0 aliphatic carbocycles. The number of anilines is 1. The first-order valence-corrected chi connectivity index (χ1v) is 6.14. The highest BCUT2D eigenvalue weighted by molar-refractivity contribution is 6.36. The number of halogens is 2. The van der Waals surface area contributed by atoms with E-state index in [-0.39, 0.29) is 0 Å². The summed E-state index contributed by atoms with van der Waals surface area (Å²) >= 11 is 11.7. The van der Waals surface area contributed by atoms with Gasteiger partial charge in [0.1, 0.15) is 5.75 Å². The lowest BCUT2D eigenvalue weighted by atomic mass is 10.3. The molecule has 0 bridgehead atoms. The number of hydrazine groups is 1. The molecule has 4 nitrogen and oxygen atoms in total. The van der Waals surface area contributed by atoms with Gasteiger partial charge in [-0.2, -0.15) is 0 Å².